The number of hydrogen-bond acceptors (Lipinski definition) is 4. The molecule has 2 rings (SSSR count). The van der Waals surface area contributed by atoms with Crippen molar-refractivity contribution in [2.45, 2.75) is 6.92 Å². The molecule has 2 aromatic carbocycles. The van der Waals surface area contributed by atoms with E-state index in [1.807, 2.05) is 0 Å². The predicted octanol–water partition coefficient (Wildman–Crippen LogP) is 2.57. The van der Waals surface area contributed by atoms with Gasteiger partial charge >= 0.3 is 0 Å². The van der Waals surface area contributed by atoms with E-state index in [4.69, 9.17) is 0 Å². The average molecular weight is 382 g/mol. The van der Waals surface area contributed by atoms with E-state index in [2.05, 4.69) is 5.32 Å². The molecule has 0 aliphatic rings. The normalized spacial score (nSPS) is 11.1. The van der Waals surface area contributed by atoms with E-state index in [1.165, 1.54) is 31.2 Å². The number of ketones is 1. The SMILES string of the molecule is CC(=O)c1cccc(N(CC(=O)Nc2ccc(F)c(F)c2)S(C)(=O)=O)c1. The van der Waals surface area contributed by atoms with Crippen LogP contribution in [0.2, 0.25) is 0 Å². The Kier molecular flexibility index (Phi) is 5.71. The van der Waals surface area contributed by atoms with Crippen molar-refractivity contribution in [2.75, 3.05) is 22.4 Å². The summed E-state index contributed by atoms with van der Waals surface area (Å²) in [6, 6.07) is 8.60. The lowest BCUT2D eigenvalue weighted by atomic mass is 10.1. The van der Waals surface area contributed by atoms with E-state index in [1.54, 1.807) is 0 Å². The Morgan fingerprint density at radius 1 is 1.08 bits per heavy atom. The summed E-state index contributed by atoms with van der Waals surface area (Å²) in [6.45, 7) is 0.735. The zero-order valence-electron chi connectivity index (χ0n) is 14.0. The number of carbonyl (C=O) groups is 2. The topological polar surface area (TPSA) is 83.6 Å². The van der Waals surface area contributed by atoms with Gasteiger partial charge in [-0.15, -0.1) is 0 Å². The smallest absolute Gasteiger partial charge is 0.245 e. The molecule has 0 heterocycles. The third kappa shape index (κ3) is 4.85. The second kappa shape index (κ2) is 7.61. The van der Waals surface area contributed by atoms with Crippen molar-refractivity contribution < 1.29 is 26.8 Å². The van der Waals surface area contributed by atoms with Crippen molar-refractivity contribution in [3.05, 3.63) is 59.7 Å². The standard InChI is InChI=1S/C17H16F2N2O4S/c1-11(22)12-4-3-5-14(8-12)21(26(2,24)25)10-17(23)20-13-6-7-15(18)16(19)9-13/h3-9H,10H2,1-2H3,(H,20,23). The van der Waals surface area contributed by atoms with E-state index < -0.39 is 34.1 Å². The van der Waals surface area contributed by atoms with Gasteiger partial charge in [0.1, 0.15) is 6.54 Å². The minimum atomic E-state index is -3.84. The van der Waals surface area contributed by atoms with Crippen LogP contribution in [0, 0.1) is 11.6 Å². The quantitative estimate of drug-likeness (QED) is 0.779. The van der Waals surface area contributed by atoms with Crippen LogP contribution in [0.3, 0.4) is 0 Å². The van der Waals surface area contributed by atoms with Crippen molar-refractivity contribution in [3.8, 4) is 0 Å². The van der Waals surface area contributed by atoms with Crippen molar-refractivity contribution in [1.29, 1.82) is 0 Å². The summed E-state index contributed by atoms with van der Waals surface area (Å²) in [5, 5.41) is 2.30. The summed E-state index contributed by atoms with van der Waals surface area (Å²) in [5.74, 6) is -3.22. The second-order valence-electron chi connectivity index (χ2n) is 5.55. The molecule has 0 unspecified atom stereocenters. The van der Waals surface area contributed by atoms with Gasteiger partial charge in [-0.25, -0.2) is 17.2 Å². The van der Waals surface area contributed by atoms with Crippen LogP contribution < -0.4 is 9.62 Å². The maximum atomic E-state index is 13.2. The molecular weight excluding hydrogens is 366 g/mol. The molecule has 0 spiro atoms. The van der Waals surface area contributed by atoms with Crippen LogP contribution in [0.15, 0.2) is 42.5 Å². The maximum Gasteiger partial charge on any atom is 0.245 e. The molecule has 26 heavy (non-hydrogen) atoms. The number of Topliss-reactive ketones (excluding diaryl/α,β-unsaturated/α-hetero) is 1. The van der Waals surface area contributed by atoms with Gasteiger partial charge in [0, 0.05) is 17.3 Å². The Bertz CT molecular complexity index is 961. The molecule has 0 fully saturated rings. The lowest BCUT2D eigenvalue weighted by Crippen LogP contribution is -2.37. The first kappa shape index (κ1) is 19.5. The first-order valence-corrected chi connectivity index (χ1v) is 9.26. The van der Waals surface area contributed by atoms with Crippen LogP contribution in [-0.4, -0.2) is 32.9 Å². The number of hydrogen-bond donors (Lipinski definition) is 1. The van der Waals surface area contributed by atoms with Gasteiger partial charge in [-0.3, -0.25) is 13.9 Å². The van der Waals surface area contributed by atoms with Gasteiger partial charge in [0.15, 0.2) is 17.4 Å². The Morgan fingerprint density at radius 3 is 2.35 bits per heavy atom. The van der Waals surface area contributed by atoms with Gasteiger partial charge in [-0.2, -0.15) is 0 Å². The molecule has 0 aromatic heterocycles. The lowest BCUT2D eigenvalue weighted by Gasteiger charge is -2.22. The highest BCUT2D eigenvalue weighted by atomic mass is 32.2. The number of halogens is 2. The minimum absolute atomic E-state index is 0.0140. The summed E-state index contributed by atoms with van der Waals surface area (Å²) in [5.41, 5.74) is 0.414. The molecule has 9 heteroatoms. The van der Waals surface area contributed by atoms with Gasteiger partial charge < -0.3 is 5.32 Å². The molecule has 138 valence electrons. The van der Waals surface area contributed by atoms with E-state index in [0.29, 0.717) is 0 Å². The molecule has 0 aliphatic carbocycles. The molecule has 0 radical (unpaired) electrons. The van der Waals surface area contributed by atoms with Crippen molar-refractivity contribution in [3.63, 3.8) is 0 Å². The largest absolute Gasteiger partial charge is 0.324 e. The lowest BCUT2D eigenvalue weighted by molar-refractivity contribution is -0.114. The van der Waals surface area contributed by atoms with Gasteiger partial charge in [-0.05, 0) is 31.2 Å². The van der Waals surface area contributed by atoms with Crippen LogP contribution in [0.1, 0.15) is 17.3 Å². The van der Waals surface area contributed by atoms with Gasteiger partial charge in [0.2, 0.25) is 15.9 Å². The maximum absolute atomic E-state index is 13.2. The van der Waals surface area contributed by atoms with E-state index in [-0.39, 0.29) is 22.7 Å². The van der Waals surface area contributed by atoms with Crippen molar-refractivity contribution in [1.82, 2.24) is 0 Å². The first-order chi connectivity index (χ1) is 12.1. The molecule has 1 amide bonds. The van der Waals surface area contributed by atoms with E-state index in [0.717, 1.165) is 28.8 Å². The average Bonchev–Trinajstić information content (AvgIpc) is 2.55. The molecular formula is C17H16F2N2O4S. The molecule has 6 nitrogen and oxygen atoms in total. The van der Waals surface area contributed by atoms with Gasteiger partial charge in [0.05, 0.1) is 11.9 Å². The number of benzene rings is 2. The molecule has 1 N–H and O–H groups in total. The van der Waals surface area contributed by atoms with Crippen LogP contribution in [0.4, 0.5) is 20.2 Å². The summed E-state index contributed by atoms with van der Waals surface area (Å²) in [4.78, 5) is 23.6. The molecule has 0 aliphatic heterocycles. The number of nitrogens with zero attached hydrogens (tertiary/aromatic N) is 1. The van der Waals surface area contributed by atoms with Crippen LogP contribution >= 0.6 is 0 Å². The zero-order chi connectivity index (χ0) is 19.5. The third-order valence-corrected chi connectivity index (χ3v) is 4.57. The number of rotatable bonds is 6. The summed E-state index contributed by atoms with van der Waals surface area (Å²) in [6.07, 6.45) is 0.915. The van der Waals surface area contributed by atoms with Gasteiger partial charge in [-0.1, -0.05) is 12.1 Å². The Balaban J connectivity index is 2.25. The summed E-state index contributed by atoms with van der Waals surface area (Å²) < 4.78 is 51.0. The fraction of sp³-hybridized carbons (Fsp3) is 0.176. The van der Waals surface area contributed by atoms with Crippen LogP contribution in [-0.2, 0) is 14.8 Å². The van der Waals surface area contributed by atoms with Crippen molar-refractivity contribution >= 4 is 33.1 Å². The summed E-state index contributed by atoms with van der Waals surface area (Å²) in [7, 11) is -3.84. The summed E-state index contributed by atoms with van der Waals surface area (Å²) >= 11 is 0. The van der Waals surface area contributed by atoms with Crippen LogP contribution in [0.25, 0.3) is 0 Å². The highest BCUT2D eigenvalue weighted by Gasteiger charge is 2.21. The second-order valence-corrected chi connectivity index (χ2v) is 7.46. The highest BCUT2D eigenvalue weighted by Crippen LogP contribution is 2.20. The molecule has 0 atom stereocenters. The Labute approximate surface area is 149 Å². The van der Waals surface area contributed by atoms with E-state index >= 15 is 0 Å². The van der Waals surface area contributed by atoms with Crippen molar-refractivity contribution in [2.24, 2.45) is 0 Å². The molecule has 2 aromatic rings. The molecule has 0 saturated carbocycles. The minimum Gasteiger partial charge on any atom is -0.324 e. The molecule has 0 bridgehead atoms. The number of amides is 1. The fourth-order valence-corrected chi connectivity index (χ4v) is 3.03. The third-order valence-electron chi connectivity index (χ3n) is 3.43. The van der Waals surface area contributed by atoms with Crippen LogP contribution in [0.5, 0.6) is 0 Å². The van der Waals surface area contributed by atoms with E-state index in [9.17, 15) is 26.8 Å². The monoisotopic (exact) mass is 382 g/mol. The molecule has 0 saturated heterocycles. The Morgan fingerprint density at radius 2 is 1.77 bits per heavy atom. The predicted molar refractivity (Wildman–Crippen MR) is 93.6 cm³/mol. The Hall–Kier alpha value is -2.81. The number of anilines is 2. The zero-order valence-corrected chi connectivity index (χ0v) is 14.8. The number of sulfonamides is 1. The number of nitrogens with one attached hydrogen (secondary N) is 1. The highest BCUT2D eigenvalue weighted by molar-refractivity contribution is 7.92. The number of carbonyl (C=O) groups excluding carboxylic acids is 2. The first-order valence-electron chi connectivity index (χ1n) is 7.41. The fourth-order valence-electron chi connectivity index (χ4n) is 2.18. The van der Waals surface area contributed by atoms with Gasteiger partial charge in [0.25, 0.3) is 0 Å².